The molecule has 2 rings (SSSR count). The fourth-order valence-corrected chi connectivity index (χ4v) is 1.76. The zero-order valence-electron chi connectivity index (χ0n) is 12.6. The average molecular weight is 302 g/mol. The summed E-state index contributed by atoms with van der Waals surface area (Å²) in [6.07, 6.45) is 3.86. The van der Waals surface area contributed by atoms with Gasteiger partial charge < -0.3 is 10.6 Å². The third-order valence-corrected chi connectivity index (χ3v) is 3.30. The standard InChI is InChI=1S/C16H19FN4O/c1-3-11(2)21-16-19-9-13(10-20-16)15(22)18-8-12-6-4-5-7-14(12)17/h4-7,9-11H,3,8H2,1-2H3,(H,18,22)(H,19,20,21). The van der Waals surface area contributed by atoms with Crippen LogP contribution < -0.4 is 10.6 Å². The van der Waals surface area contributed by atoms with Gasteiger partial charge in [0.05, 0.1) is 5.56 Å². The van der Waals surface area contributed by atoms with Gasteiger partial charge in [-0.2, -0.15) is 0 Å². The molecule has 0 radical (unpaired) electrons. The topological polar surface area (TPSA) is 66.9 Å². The minimum Gasteiger partial charge on any atom is -0.352 e. The number of nitrogens with one attached hydrogen (secondary N) is 2. The molecule has 0 spiro atoms. The molecule has 22 heavy (non-hydrogen) atoms. The van der Waals surface area contributed by atoms with Crippen molar-refractivity contribution in [3.05, 3.63) is 53.6 Å². The highest BCUT2D eigenvalue weighted by Crippen LogP contribution is 2.07. The van der Waals surface area contributed by atoms with E-state index < -0.39 is 0 Å². The Morgan fingerprint density at radius 2 is 1.95 bits per heavy atom. The number of carbonyl (C=O) groups is 1. The van der Waals surface area contributed by atoms with Gasteiger partial charge >= 0.3 is 0 Å². The van der Waals surface area contributed by atoms with Crippen molar-refractivity contribution in [1.29, 1.82) is 0 Å². The van der Waals surface area contributed by atoms with Crippen LogP contribution >= 0.6 is 0 Å². The Bertz CT molecular complexity index is 630. The Morgan fingerprint density at radius 1 is 1.27 bits per heavy atom. The van der Waals surface area contributed by atoms with E-state index in [1.165, 1.54) is 18.5 Å². The summed E-state index contributed by atoms with van der Waals surface area (Å²) < 4.78 is 13.5. The van der Waals surface area contributed by atoms with Crippen molar-refractivity contribution in [3.8, 4) is 0 Å². The lowest BCUT2D eigenvalue weighted by molar-refractivity contribution is 0.0950. The molecule has 0 bridgehead atoms. The van der Waals surface area contributed by atoms with Gasteiger partial charge in [0.15, 0.2) is 0 Å². The first-order chi connectivity index (χ1) is 10.6. The van der Waals surface area contributed by atoms with E-state index in [-0.39, 0.29) is 24.3 Å². The van der Waals surface area contributed by atoms with Crippen LogP contribution in [0.4, 0.5) is 10.3 Å². The zero-order chi connectivity index (χ0) is 15.9. The van der Waals surface area contributed by atoms with Crippen molar-refractivity contribution < 1.29 is 9.18 Å². The van der Waals surface area contributed by atoms with E-state index in [1.807, 2.05) is 6.92 Å². The van der Waals surface area contributed by atoms with Gasteiger partial charge in [-0.05, 0) is 19.4 Å². The molecule has 1 aromatic heterocycles. The van der Waals surface area contributed by atoms with E-state index in [9.17, 15) is 9.18 Å². The van der Waals surface area contributed by atoms with E-state index in [0.717, 1.165) is 6.42 Å². The Kier molecular flexibility index (Phi) is 5.41. The van der Waals surface area contributed by atoms with Gasteiger partial charge in [0.2, 0.25) is 5.95 Å². The van der Waals surface area contributed by atoms with Crippen molar-refractivity contribution >= 4 is 11.9 Å². The molecule has 0 saturated carbocycles. The summed E-state index contributed by atoms with van der Waals surface area (Å²) in [7, 11) is 0. The van der Waals surface area contributed by atoms with Crippen LogP contribution in [0.2, 0.25) is 0 Å². The van der Waals surface area contributed by atoms with Gasteiger partial charge in [-0.1, -0.05) is 25.1 Å². The number of nitrogens with zero attached hydrogens (tertiary/aromatic N) is 2. The number of carbonyl (C=O) groups excluding carboxylic acids is 1. The van der Waals surface area contributed by atoms with Crippen LogP contribution in [-0.4, -0.2) is 21.9 Å². The van der Waals surface area contributed by atoms with Crippen molar-refractivity contribution in [2.24, 2.45) is 0 Å². The van der Waals surface area contributed by atoms with E-state index >= 15 is 0 Å². The van der Waals surface area contributed by atoms with E-state index in [4.69, 9.17) is 0 Å². The number of halogens is 1. The number of anilines is 1. The van der Waals surface area contributed by atoms with Crippen LogP contribution in [0.15, 0.2) is 36.7 Å². The van der Waals surface area contributed by atoms with Gasteiger partial charge in [0.25, 0.3) is 5.91 Å². The molecular formula is C16H19FN4O. The number of rotatable bonds is 6. The second kappa shape index (κ2) is 7.49. The highest BCUT2D eigenvalue weighted by Gasteiger charge is 2.09. The molecular weight excluding hydrogens is 283 g/mol. The maximum absolute atomic E-state index is 13.5. The van der Waals surface area contributed by atoms with Crippen molar-refractivity contribution in [2.75, 3.05) is 5.32 Å². The van der Waals surface area contributed by atoms with E-state index in [2.05, 4.69) is 27.5 Å². The van der Waals surface area contributed by atoms with Crippen LogP contribution in [0.3, 0.4) is 0 Å². The predicted molar refractivity (Wildman–Crippen MR) is 83.0 cm³/mol. The van der Waals surface area contributed by atoms with E-state index in [0.29, 0.717) is 17.1 Å². The summed E-state index contributed by atoms with van der Waals surface area (Å²) in [5, 5.41) is 5.77. The molecule has 6 heteroatoms. The summed E-state index contributed by atoms with van der Waals surface area (Å²) >= 11 is 0. The quantitative estimate of drug-likeness (QED) is 0.861. The lowest BCUT2D eigenvalue weighted by Gasteiger charge is -2.11. The minimum absolute atomic E-state index is 0.123. The maximum atomic E-state index is 13.5. The monoisotopic (exact) mass is 302 g/mol. The molecule has 1 atom stereocenters. The molecule has 1 aromatic carbocycles. The second-order valence-corrected chi connectivity index (χ2v) is 5.02. The fraction of sp³-hybridized carbons (Fsp3) is 0.312. The van der Waals surface area contributed by atoms with Crippen LogP contribution in [0.5, 0.6) is 0 Å². The molecule has 0 fully saturated rings. The smallest absolute Gasteiger partial charge is 0.254 e. The first kappa shape index (κ1) is 15.9. The van der Waals surface area contributed by atoms with Gasteiger partial charge in [-0.25, -0.2) is 14.4 Å². The molecule has 116 valence electrons. The van der Waals surface area contributed by atoms with Gasteiger partial charge in [-0.3, -0.25) is 4.79 Å². The summed E-state index contributed by atoms with van der Waals surface area (Å²) in [5.74, 6) is -0.189. The Labute approximate surface area is 129 Å². The Balaban J connectivity index is 1.94. The fourth-order valence-electron chi connectivity index (χ4n) is 1.76. The summed E-state index contributed by atoms with van der Waals surface area (Å²) in [5.41, 5.74) is 0.776. The SMILES string of the molecule is CCC(C)Nc1ncc(C(=O)NCc2ccccc2F)cn1. The lowest BCUT2D eigenvalue weighted by Crippen LogP contribution is -2.24. The van der Waals surface area contributed by atoms with Crippen LogP contribution in [0, 0.1) is 5.82 Å². The Morgan fingerprint density at radius 3 is 2.59 bits per heavy atom. The maximum Gasteiger partial charge on any atom is 0.254 e. The molecule has 1 amide bonds. The third-order valence-electron chi connectivity index (χ3n) is 3.30. The molecule has 5 nitrogen and oxygen atoms in total. The van der Waals surface area contributed by atoms with Crippen LogP contribution in [-0.2, 0) is 6.54 Å². The summed E-state index contributed by atoms with van der Waals surface area (Å²) in [4.78, 5) is 20.2. The first-order valence-corrected chi connectivity index (χ1v) is 7.20. The van der Waals surface area contributed by atoms with Gasteiger partial charge in [0, 0.05) is 30.5 Å². The highest BCUT2D eigenvalue weighted by molar-refractivity contribution is 5.93. The third kappa shape index (κ3) is 4.25. The predicted octanol–water partition coefficient (Wildman–Crippen LogP) is 2.76. The molecule has 1 heterocycles. The molecule has 0 saturated heterocycles. The minimum atomic E-state index is -0.341. The van der Waals surface area contributed by atoms with Gasteiger partial charge in [0.1, 0.15) is 5.82 Å². The first-order valence-electron chi connectivity index (χ1n) is 7.20. The van der Waals surface area contributed by atoms with Crippen molar-refractivity contribution in [2.45, 2.75) is 32.9 Å². The molecule has 2 aromatic rings. The zero-order valence-corrected chi connectivity index (χ0v) is 12.6. The van der Waals surface area contributed by atoms with E-state index in [1.54, 1.807) is 18.2 Å². The Hall–Kier alpha value is -2.50. The molecule has 0 aliphatic carbocycles. The lowest BCUT2D eigenvalue weighted by atomic mass is 10.2. The number of hydrogen-bond acceptors (Lipinski definition) is 4. The number of hydrogen-bond donors (Lipinski definition) is 2. The normalized spacial score (nSPS) is 11.8. The van der Waals surface area contributed by atoms with Gasteiger partial charge in [-0.15, -0.1) is 0 Å². The van der Waals surface area contributed by atoms with Crippen LogP contribution in [0.1, 0.15) is 36.2 Å². The molecule has 0 aliphatic rings. The molecule has 0 aliphatic heterocycles. The molecule has 2 N–H and O–H groups in total. The van der Waals surface area contributed by atoms with Crippen LogP contribution in [0.25, 0.3) is 0 Å². The van der Waals surface area contributed by atoms with Crippen molar-refractivity contribution in [1.82, 2.24) is 15.3 Å². The summed E-state index contributed by atoms with van der Waals surface area (Å²) in [6, 6.07) is 6.59. The average Bonchev–Trinajstić information content (AvgIpc) is 2.54. The van der Waals surface area contributed by atoms with Crippen molar-refractivity contribution in [3.63, 3.8) is 0 Å². The largest absolute Gasteiger partial charge is 0.352 e. The molecule has 1 unspecified atom stereocenters. The summed E-state index contributed by atoms with van der Waals surface area (Å²) in [6.45, 7) is 4.21. The second-order valence-electron chi connectivity index (χ2n) is 5.02. The number of benzene rings is 1. The number of aromatic nitrogens is 2. The highest BCUT2D eigenvalue weighted by atomic mass is 19.1. The number of amides is 1.